The molecule has 1 fully saturated rings. The lowest BCUT2D eigenvalue weighted by atomic mass is 10.1. The molecule has 4 heteroatoms. The van der Waals surface area contributed by atoms with Gasteiger partial charge in [0.25, 0.3) is 0 Å². The predicted octanol–water partition coefficient (Wildman–Crippen LogP) is 2.42. The van der Waals surface area contributed by atoms with Crippen molar-refractivity contribution in [3.05, 3.63) is 29.8 Å². The number of anilines is 1. The second-order valence-corrected chi connectivity index (χ2v) is 7.28. The van der Waals surface area contributed by atoms with E-state index in [9.17, 15) is 4.79 Å². The van der Waals surface area contributed by atoms with Crippen LogP contribution in [0.15, 0.2) is 24.3 Å². The molecule has 1 saturated heterocycles. The average Bonchev–Trinajstić information content (AvgIpc) is 2.45. The molecule has 1 amide bonds. The number of aryl methyl sites for hydroxylation is 1. The Morgan fingerprint density at radius 3 is 2.36 bits per heavy atom. The number of carbonyl (C=O) groups excluding carboxylic acids is 1. The Hall–Kier alpha value is -1.55. The van der Waals surface area contributed by atoms with E-state index in [1.54, 1.807) is 0 Å². The van der Waals surface area contributed by atoms with Crippen LogP contribution in [0.1, 0.15) is 33.3 Å². The first-order chi connectivity index (χ1) is 10.3. The Balaban J connectivity index is 1.90. The molecule has 122 valence electrons. The lowest BCUT2D eigenvalue weighted by molar-refractivity contribution is -0.127. The molecule has 0 saturated carbocycles. The monoisotopic (exact) mass is 303 g/mol. The Morgan fingerprint density at radius 1 is 1.18 bits per heavy atom. The summed E-state index contributed by atoms with van der Waals surface area (Å²) in [4.78, 5) is 17.0. The largest absolute Gasteiger partial charge is 0.369 e. The molecule has 1 unspecified atom stereocenters. The van der Waals surface area contributed by atoms with Crippen LogP contribution in [0.3, 0.4) is 0 Å². The Labute approximate surface area is 134 Å². The van der Waals surface area contributed by atoms with Crippen molar-refractivity contribution in [2.24, 2.45) is 0 Å². The van der Waals surface area contributed by atoms with Gasteiger partial charge in [0.1, 0.15) is 0 Å². The van der Waals surface area contributed by atoms with Gasteiger partial charge in [0, 0.05) is 37.4 Å². The first-order valence-corrected chi connectivity index (χ1v) is 8.14. The van der Waals surface area contributed by atoms with Crippen molar-refractivity contribution in [2.75, 3.05) is 31.1 Å². The molecular weight excluding hydrogens is 274 g/mol. The molecule has 1 aliphatic rings. The van der Waals surface area contributed by atoms with Crippen LogP contribution in [0.2, 0.25) is 0 Å². The molecule has 1 aliphatic heterocycles. The summed E-state index contributed by atoms with van der Waals surface area (Å²) in [5.41, 5.74) is 2.40. The van der Waals surface area contributed by atoms with Gasteiger partial charge in [0.05, 0.1) is 6.04 Å². The van der Waals surface area contributed by atoms with Crippen LogP contribution in [-0.4, -0.2) is 48.6 Å². The standard InChI is InChI=1S/C18H29N3O/c1-14-7-6-8-16(13-14)21-11-9-20(10-12-21)15(2)17(22)19-18(3,4)5/h6-8,13,15H,9-12H2,1-5H3,(H,19,22). The topological polar surface area (TPSA) is 35.6 Å². The highest BCUT2D eigenvalue weighted by Gasteiger charge is 2.27. The first-order valence-electron chi connectivity index (χ1n) is 8.14. The summed E-state index contributed by atoms with van der Waals surface area (Å²) >= 11 is 0. The van der Waals surface area contributed by atoms with E-state index in [0.717, 1.165) is 26.2 Å². The Morgan fingerprint density at radius 2 is 1.82 bits per heavy atom. The number of piperazine rings is 1. The van der Waals surface area contributed by atoms with Crippen LogP contribution in [0.5, 0.6) is 0 Å². The number of hydrogen-bond acceptors (Lipinski definition) is 3. The fourth-order valence-electron chi connectivity index (χ4n) is 2.83. The highest BCUT2D eigenvalue weighted by molar-refractivity contribution is 5.82. The fraction of sp³-hybridized carbons (Fsp3) is 0.611. The van der Waals surface area contributed by atoms with Gasteiger partial charge in [-0.1, -0.05) is 12.1 Å². The normalized spacial score (nSPS) is 18.1. The van der Waals surface area contributed by atoms with Gasteiger partial charge in [-0.3, -0.25) is 9.69 Å². The number of carbonyl (C=O) groups is 1. The SMILES string of the molecule is Cc1cccc(N2CCN(C(C)C(=O)NC(C)(C)C)CC2)c1. The van der Waals surface area contributed by atoms with E-state index in [4.69, 9.17) is 0 Å². The minimum atomic E-state index is -0.172. The van der Waals surface area contributed by atoms with Crippen molar-refractivity contribution in [3.63, 3.8) is 0 Å². The van der Waals surface area contributed by atoms with E-state index in [-0.39, 0.29) is 17.5 Å². The van der Waals surface area contributed by atoms with Crippen molar-refractivity contribution in [2.45, 2.75) is 46.2 Å². The quantitative estimate of drug-likeness (QED) is 0.931. The molecule has 0 aromatic heterocycles. The van der Waals surface area contributed by atoms with Crippen LogP contribution in [-0.2, 0) is 4.79 Å². The molecule has 4 nitrogen and oxygen atoms in total. The van der Waals surface area contributed by atoms with E-state index in [1.165, 1.54) is 11.3 Å². The third-order valence-corrected chi connectivity index (χ3v) is 4.11. The summed E-state index contributed by atoms with van der Waals surface area (Å²) in [6.07, 6.45) is 0. The Bertz CT molecular complexity index is 513. The van der Waals surface area contributed by atoms with Crippen molar-refractivity contribution in [1.29, 1.82) is 0 Å². The lowest BCUT2D eigenvalue weighted by Gasteiger charge is -2.39. The van der Waals surface area contributed by atoms with Crippen molar-refractivity contribution < 1.29 is 4.79 Å². The second kappa shape index (κ2) is 6.69. The van der Waals surface area contributed by atoms with E-state index in [0.29, 0.717) is 0 Å². The number of hydrogen-bond donors (Lipinski definition) is 1. The van der Waals surface area contributed by atoms with Crippen molar-refractivity contribution in [1.82, 2.24) is 10.2 Å². The van der Waals surface area contributed by atoms with Gasteiger partial charge in [0.15, 0.2) is 0 Å². The van der Waals surface area contributed by atoms with Crippen LogP contribution in [0, 0.1) is 6.92 Å². The maximum atomic E-state index is 12.3. The van der Waals surface area contributed by atoms with Crippen LogP contribution in [0.25, 0.3) is 0 Å². The van der Waals surface area contributed by atoms with Gasteiger partial charge in [-0.25, -0.2) is 0 Å². The molecule has 2 rings (SSSR count). The van der Waals surface area contributed by atoms with Crippen molar-refractivity contribution in [3.8, 4) is 0 Å². The number of rotatable bonds is 3. The number of benzene rings is 1. The molecular formula is C18H29N3O. The van der Waals surface area contributed by atoms with Gasteiger partial charge in [-0.15, -0.1) is 0 Å². The van der Waals surface area contributed by atoms with Crippen LogP contribution < -0.4 is 10.2 Å². The minimum Gasteiger partial charge on any atom is -0.369 e. The van der Waals surface area contributed by atoms with Gasteiger partial charge in [-0.05, 0) is 52.3 Å². The second-order valence-electron chi connectivity index (χ2n) is 7.28. The third kappa shape index (κ3) is 4.47. The summed E-state index contributed by atoms with van der Waals surface area (Å²) in [5, 5.41) is 3.07. The summed E-state index contributed by atoms with van der Waals surface area (Å²) in [6, 6.07) is 8.55. The molecule has 1 aromatic carbocycles. The maximum Gasteiger partial charge on any atom is 0.237 e. The highest BCUT2D eigenvalue weighted by atomic mass is 16.2. The molecule has 1 heterocycles. The molecule has 1 atom stereocenters. The number of nitrogens with one attached hydrogen (secondary N) is 1. The summed E-state index contributed by atoms with van der Waals surface area (Å²) in [5.74, 6) is 0.122. The van der Waals surface area contributed by atoms with E-state index in [1.807, 2.05) is 27.7 Å². The first kappa shape index (κ1) is 16.8. The highest BCUT2D eigenvalue weighted by Crippen LogP contribution is 2.18. The molecule has 0 spiro atoms. The van der Waals surface area contributed by atoms with E-state index < -0.39 is 0 Å². The third-order valence-electron chi connectivity index (χ3n) is 4.11. The summed E-state index contributed by atoms with van der Waals surface area (Å²) in [7, 11) is 0. The molecule has 0 aliphatic carbocycles. The van der Waals surface area contributed by atoms with E-state index in [2.05, 4.69) is 46.3 Å². The number of nitrogens with zero attached hydrogens (tertiary/aromatic N) is 2. The van der Waals surface area contributed by atoms with Gasteiger partial charge >= 0.3 is 0 Å². The van der Waals surface area contributed by atoms with Crippen molar-refractivity contribution >= 4 is 11.6 Å². The zero-order chi connectivity index (χ0) is 16.3. The molecule has 22 heavy (non-hydrogen) atoms. The zero-order valence-electron chi connectivity index (χ0n) is 14.5. The van der Waals surface area contributed by atoms with Crippen LogP contribution in [0.4, 0.5) is 5.69 Å². The van der Waals surface area contributed by atoms with E-state index >= 15 is 0 Å². The zero-order valence-corrected chi connectivity index (χ0v) is 14.5. The smallest absolute Gasteiger partial charge is 0.237 e. The average molecular weight is 303 g/mol. The minimum absolute atomic E-state index is 0.0705. The number of amides is 1. The van der Waals surface area contributed by atoms with Gasteiger partial charge in [-0.2, -0.15) is 0 Å². The molecule has 0 bridgehead atoms. The fourth-order valence-corrected chi connectivity index (χ4v) is 2.83. The van der Waals surface area contributed by atoms with Crippen LogP contribution >= 0.6 is 0 Å². The van der Waals surface area contributed by atoms with Gasteiger partial charge < -0.3 is 10.2 Å². The maximum absolute atomic E-state index is 12.3. The van der Waals surface area contributed by atoms with Gasteiger partial charge in [0.2, 0.25) is 5.91 Å². The molecule has 1 aromatic rings. The molecule has 1 N–H and O–H groups in total. The lowest BCUT2D eigenvalue weighted by Crippen LogP contribution is -2.56. The summed E-state index contributed by atoms with van der Waals surface area (Å²) in [6.45, 7) is 14.0. The predicted molar refractivity (Wildman–Crippen MR) is 92.3 cm³/mol. The Kier molecular flexibility index (Phi) is 5.12. The summed E-state index contributed by atoms with van der Waals surface area (Å²) < 4.78 is 0. The molecule has 0 radical (unpaired) electrons.